The minimum absolute atomic E-state index is 0.399. The number of benzene rings is 2. The van der Waals surface area contributed by atoms with Crippen molar-refractivity contribution in [1.82, 2.24) is 15.3 Å². The zero-order chi connectivity index (χ0) is 24.6. The van der Waals surface area contributed by atoms with Crippen LogP contribution >= 0.6 is 15.9 Å². The summed E-state index contributed by atoms with van der Waals surface area (Å²) in [6, 6.07) is 14.9. The molecule has 0 aliphatic heterocycles. The van der Waals surface area contributed by atoms with Gasteiger partial charge in [0.15, 0.2) is 0 Å². The first-order valence-electron chi connectivity index (χ1n) is 12.4. The van der Waals surface area contributed by atoms with Gasteiger partial charge < -0.3 is 20.3 Å². The van der Waals surface area contributed by atoms with E-state index in [0.29, 0.717) is 23.8 Å². The lowest BCUT2D eigenvalue weighted by atomic mass is 9.91. The van der Waals surface area contributed by atoms with Crippen molar-refractivity contribution in [1.29, 1.82) is 0 Å². The van der Waals surface area contributed by atoms with Crippen LogP contribution in [0.4, 0.5) is 16.2 Å². The van der Waals surface area contributed by atoms with Crippen LogP contribution in [0.5, 0.6) is 5.75 Å². The number of unbranched alkanes of at least 4 members (excludes halogenated alkanes) is 1. The molecule has 1 aliphatic carbocycles. The molecule has 2 N–H and O–H groups in total. The molecule has 2 aromatic carbocycles. The van der Waals surface area contributed by atoms with Gasteiger partial charge in [-0.1, -0.05) is 34.1 Å². The molecule has 188 valence electrons. The molecule has 35 heavy (non-hydrogen) atoms. The summed E-state index contributed by atoms with van der Waals surface area (Å²) in [7, 11) is 4.04. The molecule has 0 spiro atoms. The van der Waals surface area contributed by atoms with Crippen LogP contribution < -0.4 is 20.3 Å². The number of ether oxygens (including phenoxy) is 1. The molecule has 0 radical (unpaired) electrons. The van der Waals surface area contributed by atoms with Gasteiger partial charge in [0.1, 0.15) is 11.6 Å². The number of aryl methyl sites for hydroxylation is 1. The Morgan fingerprint density at radius 2 is 1.80 bits per heavy atom. The van der Waals surface area contributed by atoms with Crippen molar-refractivity contribution in [2.75, 3.05) is 37.7 Å². The maximum absolute atomic E-state index is 12.6. The summed E-state index contributed by atoms with van der Waals surface area (Å²) in [5.41, 5.74) is 2.03. The highest BCUT2D eigenvalue weighted by molar-refractivity contribution is 9.10. The zero-order valence-corrected chi connectivity index (χ0v) is 22.2. The molecule has 4 rings (SSSR count). The van der Waals surface area contributed by atoms with Crippen LogP contribution in [0.3, 0.4) is 0 Å². The van der Waals surface area contributed by atoms with Gasteiger partial charge in [-0.25, -0.2) is 9.37 Å². The number of anilines is 2. The Bertz CT molecular complexity index is 1100. The Morgan fingerprint density at radius 1 is 1.03 bits per heavy atom. The van der Waals surface area contributed by atoms with E-state index in [0.717, 1.165) is 78.2 Å². The van der Waals surface area contributed by atoms with Crippen LogP contribution in [0.25, 0.3) is 10.9 Å². The number of fused-ring (bicyclic) bond motifs is 1. The van der Waals surface area contributed by atoms with Crippen LogP contribution in [0.2, 0.25) is 0 Å². The molecule has 0 amide bonds. The number of rotatable bonds is 11. The van der Waals surface area contributed by atoms with Crippen molar-refractivity contribution in [3.8, 4) is 5.75 Å². The SMILES string of the molecule is CN(C)c1nc(NC2CCC(NCCCCc3ccc(Br)cc3OCF)CC2)nc2ccccc12. The summed E-state index contributed by atoms with van der Waals surface area (Å²) in [5, 5.41) is 8.38. The van der Waals surface area contributed by atoms with Gasteiger partial charge in [-0.3, -0.25) is 0 Å². The molecule has 8 heteroatoms. The molecule has 1 aromatic heterocycles. The fraction of sp³-hybridized carbons (Fsp3) is 0.481. The van der Waals surface area contributed by atoms with Gasteiger partial charge >= 0.3 is 0 Å². The number of aromatic nitrogens is 2. The third kappa shape index (κ3) is 7.04. The molecule has 6 nitrogen and oxygen atoms in total. The first-order valence-corrected chi connectivity index (χ1v) is 13.2. The molecule has 1 fully saturated rings. The summed E-state index contributed by atoms with van der Waals surface area (Å²) in [6.07, 6.45) is 7.52. The fourth-order valence-electron chi connectivity index (χ4n) is 4.76. The van der Waals surface area contributed by atoms with E-state index < -0.39 is 6.86 Å². The van der Waals surface area contributed by atoms with Crippen molar-refractivity contribution in [2.24, 2.45) is 0 Å². The van der Waals surface area contributed by atoms with Gasteiger partial charge in [-0.05, 0) is 81.3 Å². The van der Waals surface area contributed by atoms with Crippen LogP contribution in [-0.2, 0) is 6.42 Å². The second kappa shape index (κ2) is 12.5. The summed E-state index contributed by atoms with van der Waals surface area (Å²) in [6.45, 7) is 0.199. The molecular weight excluding hydrogens is 509 g/mol. The van der Waals surface area contributed by atoms with Crippen molar-refractivity contribution >= 4 is 38.6 Å². The van der Waals surface area contributed by atoms with Gasteiger partial charge in [-0.15, -0.1) is 0 Å². The maximum atomic E-state index is 12.6. The number of hydrogen-bond acceptors (Lipinski definition) is 6. The van der Waals surface area contributed by atoms with Crippen molar-refractivity contribution in [2.45, 2.75) is 57.0 Å². The number of para-hydroxylation sites is 1. The van der Waals surface area contributed by atoms with E-state index in [1.807, 2.05) is 55.4 Å². The van der Waals surface area contributed by atoms with E-state index in [1.165, 1.54) is 0 Å². The Hall–Kier alpha value is -2.45. The number of alkyl halides is 1. The normalized spacial score (nSPS) is 17.9. The summed E-state index contributed by atoms with van der Waals surface area (Å²) in [5.74, 6) is 2.29. The van der Waals surface area contributed by atoms with E-state index in [9.17, 15) is 4.39 Å². The second-order valence-corrected chi connectivity index (χ2v) is 10.3. The van der Waals surface area contributed by atoms with Crippen LogP contribution in [0.1, 0.15) is 44.1 Å². The topological polar surface area (TPSA) is 62.3 Å². The minimum atomic E-state index is -0.799. The third-order valence-corrected chi connectivity index (χ3v) is 7.11. The van der Waals surface area contributed by atoms with Gasteiger partial charge in [0.25, 0.3) is 0 Å². The summed E-state index contributed by atoms with van der Waals surface area (Å²) < 4.78 is 18.7. The summed E-state index contributed by atoms with van der Waals surface area (Å²) >= 11 is 3.42. The van der Waals surface area contributed by atoms with Crippen LogP contribution in [0, 0.1) is 0 Å². The minimum Gasteiger partial charge on any atom is -0.463 e. The maximum Gasteiger partial charge on any atom is 0.228 e. The Kier molecular flexibility index (Phi) is 9.15. The zero-order valence-electron chi connectivity index (χ0n) is 20.6. The molecule has 0 bridgehead atoms. The van der Waals surface area contributed by atoms with E-state index in [1.54, 1.807) is 0 Å². The van der Waals surface area contributed by atoms with E-state index >= 15 is 0 Å². The molecule has 0 atom stereocenters. The Balaban J connectivity index is 1.20. The van der Waals surface area contributed by atoms with Crippen LogP contribution in [0.15, 0.2) is 46.9 Å². The third-order valence-electron chi connectivity index (χ3n) is 6.61. The smallest absolute Gasteiger partial charge is 0.228 e. The standard InChI is InChI=1S/C27H35BrFN5O/c1-34(2)26-23-8-3-4-9-24(23)32-27(33-26)31-22-14-12-21(13-15-22)30-16-6-5-7-19-10-11-20(28)17-25(19)35-18-29/h3-4,8-11,17,21-22,30H,5-7,12-16,18H2,1-2H3,(H,31,32,33). The quantitative estimate of drug-likeness (QED) is 0.285. The van der Waals surface area contributed by atoms with Crippen molar-refractivity contribution in [3.63, 3.8) is 0 Å². The van der Waals surface area contributed by atoms with Gasteiger partial charge in [0, 0.05) is 36.0 Å². The van der Waals surface area contributed by atoms with Gasteiger partial charge in [-0.2, -0.15) is 4.98 Å². The fourth-order valence-corrected chi connectivity index (χ4v) is 5.10. The highest BCUT2D eigenvalue weighted by Gasteiger charge is 2.22. The second-order valence-electron chi connectivity index (χ2n) is 9.39. The first-order chi connectivity index (χ1) is 17.0. The molecule has 0 saturated heterocycles. The number of hydrogen-bond donors (Lipinski definition) is 2. The van der Waals surface area contributed by atoms with E-state index in [4.69, 9.17) is 14.7 Å². The lowest BCUT2D eigenvalue weighted by Crippen LogP contribution is -2.37. The molecular formula is C27H35BrFN5O. The number of nitrogens with zero attached hydrogens (tertiary/aromatic N) is 3. The monoisotopic (exact) mass is 543 g/mol. The van der Waals surface area contributed by atoms with Gasteiger partial charge in [0.05, 0.1) is 5.52 Å². The number of halogens is 2. The first kappa shape index (κ1) is 25.6. The molecule has 3 aromatic rings. The van der Waals surface area contributed by atoms with Gasteiger partial charge in [0.2, 0.25) is 12.8 Å². The molecule has 0 unspecified atom stereocenters. The lowest BCUT2D eigenvalue weighted by molar-refractivity contribution is 0.190. The van der Waals surface area contributed by atoms with E-state index in [-0.39, 0.29) is 0 Å². The number of nitrogens with one attached hydrogen (secondary N) is 2. The predicted molar refractivity (Wildman–Crippen MR) is 145 cm³/mol. The Labute approximate surface area is 215 Å². The molecule has 1 heterocycles. The predicted octanol–water partition coefficient (Wildman–Crippen LogP) is 6.10. The average molecular weight is 545 g/mol. The summed E-state index contributed by atoms with van der Waals surface area (Å²) in [4.78, 5) is 11.6. The largest absolute Gasteiger partial charge is 0.463 e. The average Bonchev–Trinajstić information content (AvgIpc) is 2.85. The highest BCUT2D eigenvalue weighted by Crippen LogP contribution is 2.27. The van der Waals surface area contributed by atoms with Crippen LogP contribution in [-0.4, -0.2) is 49.6 Å². The highest BCUT2D eigenvalue weighted by atomic mass is 79.9. The Morgan fingerprint density at radius 3 is 2.57 bits per heavy atom. The molecule has 1 saturated carbocycles. The lowest BCUT2D eigenvalue weighted by Gasteiger charge is -2.30. The van der Waals surface area contributed by atoms with Crippen molar-refractivity contribution < 1.29 is 9.13 Å². The van der Waals surface area contributed by atoms with Crippen molar-refractivity contribution in [3.05, 3.63) is 52.5 Å². The molecule has 1 aliphatic rings. The van der Waals surface area contributed by atoms with E-state index in [2.05, 4.69) is 32.6 Å².